The van der Waals surface area contributed by atoms with Crippen LogP contribution < -0.4 is 5.46 Å². The Morgan fingerprint density at radius 1 is 1.05 bits per heavy atom. The van der Waals surface area contributed by atoms with Crippen LogP contribution in [0.4, 0.5) is 0 Å². The van der Waals surface area contributed by atoms with Gasteiger partial charge in [-0.1, -0.05) is 30.3 Å². The van der Waals surface area contributed by atoms with Gasteiger partial charge in [-0.2, -0.15) is 0 Å². The van der Waals surface area contributed by atoms with Crippen molar-refractivity contribution in [1.29, 1.82) is 0 Å². The van der Waals surface area contributed by atoms with Crippen LogP contribution in [0.5, 0.6) is 0 Å². The highest BCUT2D eigenvalue weighted by molar-refractivity contribution is 6.76. The SMILES string of the molecule is OC1O[C@@H]2CO[B-]3(c4ccccc4)O[C@@H]2[C@H](O3)[C@H]1O. The molecule has 4 rings (SSSR count). The molecule has 2 N–H and O–H groups in total. The predicted octanol–water partition coefficient (Wildman–Crippen LogP) is -1.28. The molecule has 0 aliphatic carbocycles. The van der Waals surface area contributed by atoms with E-state index in [0.717, 1.165) is 5.46 Å². The van der Waals surface area contributed by atoms with E-state index < -0.39 is 37.5 Å². The first kappa shape index (κ1) is 11.8. The second kappa shape index (κ2) is 4.02. The molecule has 102 valence electrons. The van der Waals surface area contributed by atoms with E-state index in [1.165, 1.54) is 0 Å². The summed E-state index contributed by atoms with van der Waals surface area (Å²) < 4.78 is 22.7. The molecule has 2 bridgehead atoms. The van der Waals surface area contributed by atoms with Gasteiger partial charge in [0.2, 0.25) is 0 Å². The fourth-order valence-corrected chi connectivity index (χ4v) is 3.05. The molecule has 0 amide bonds. The number of aliphatic hydroxyl groups excluding tert-OH is 2. The molecule has 2 unspecified atom stereocenters. The smallest absolute Gasteiger partial charge is 0.410 e. The van der Waals surface area contributed by atoms with Crippen LogP contribution in [-0.4, -0.2) is 54.3 Å². The number of fused-ring (bicyclic) bond motifs is 1. The molecular weight excluding hydrogens is 251 g/mol. The zero-order chi connectivity index (χ0) is 13.0. The number of hydrogen-bond acceptors (Lipinski definition) is 6. The number of aliphatic hydroxyl groups is 2. The molecule has 6 atom stereocenters. The van der Waals surface area contributed by atoms with Gasteiger partial charge in [-0.15, -0.1) is 5.46 Å². The van der Waals surface area contributed by atoms with Crippen LogP contribution in [0.1, 0.15) is 0 Å². The Hall–Kier alpha value is -0.955. The zero-order valence-electron chi connectivity index (χ0n) is 10.1. The van der Waals surface area contributed by atoms with Crippen molar-refractivity contribution in [2.45, 2.75) is 30.7 Å². The maximum absolute atomic E-state index is 9.95. The van der Waals surface area contributed by atoms with Crippen LogP contribution in [0.2, 0.25) is 0 Å². The first-order chi connectivity index (χ1) is 9.20. The molecule has 6 nitrogen and oxygen atoms in total. The number of benzene rings is 1. The highest BCUT2D eigenvalue weighted by Gasteiger charge is 2.58. The summed E-state index contributed by atoms with van der Waals surface area (Å²) in [6.45, 7) is -1.77. The Bertz CT molecular complexity index is 484. The van der Waals surface area contributed by atoms with Gasteiger partial charge in [-0.25, -0.2) is 0 Å². The van der Waals surface area contributed by atoms with E-state index in [1.807, 2.05) is 30.3 Å². The van der Waals surface area contributed by atoms with Gasteiger partial charge in [-0.3, -0.25) is 0 Å². The van der Waals surface area contributed by atoms with Gasteiger partial charge in [0.25, 0.3) is 0 Å². The molecule has 3 heterocycles. The Labute approximate surface area is 109 Å². The lowest BCUT2D eigenvalue weighted by Gasteiger charge is -2.45. The van der Waals surface area contributed by atoms with Crippen molar-refractivity contribution >= 4 is 12.2 Å². The first-order valence-electron chi connectivity index (χ1n) is 6.40. The fraction of sp³-hybridized carbons (Fsp3) is 0.500. The maximum Gasteiger partial charge on any atom is 0.410 e. The third-order valence-electron chi connectivity index (χ3n) is 3.99. The minimum Gasteiger partial charge on any atom is -0.539 e. The Morgan fingerprint density at radius 2 is 1.79 bits per heavy atom. The predicted molar refractivity (Wildman–Crippen MR) is 64.4 cm³/mol. The standard InChI is InChI=1S/C12H14BO6/c14-9-11-10-8(17-12(9)15)6-16-13(18-10,19-11)7-4-2-1-3-5-7/h1-5,8-12,14-15H,6H2/q-1/t8-,9-,10+,11-,12?,13?/m1/s1. The Kier molecular flexibility index (Phi) is 2.50. The Morgan fingerprint density at radius 3 is 2.58 bits per heavy atom. The molecule has 0 spiro atoms. The van der Waals surface area contributed by atoms with E-state index in [1.54, 1.807) is 0 Å². The average molecular weight is 265 g/mol. The van der Waals surface area contributed by atoms with Gasteiger partial charge < -0.3 is 28.9 Å². The summed E-state index contributed by atoms with van der Waals surface area (Å²) in [5.74, 6) is 0. The lowest BCUT2D eigenvalue weighted by molar-refractivity contribution is -0.264. The maximum atomic E-state index is 9.95. The van der Waals surface area contributed by atoms with Gasteiger partial charge in [0.15, 0.2) is 6.29 Å². The van der Waals surface area contributed by atoms with Crippen LogP contribution in [0, 0.1) is 0 Å². The molecule has 0 aromatic heterocycles. The second-order valence-electron chi connectivity index (χ2n) is 5.14. The molecule has 0 radical (unpaired) electrons. The molecule has 19 heavy (non-hydrogen) atoms. The summed E-state index contributed by atoms with van der Waals surface area (Å²) in [5, 5.41) is 19.6. The minimum atomic E-state index is -2.05. The molecule has 1 aromatic rings. The van der Waals surface area contributed by atoms with Gasteiger partial charge in [0.05, 0.1) is 12.2 Å². The van der Waals surface area contributed by atoms with Crippen LogP contribution >= 0.6 is 0 Å². The summed E-state index contributed by atoms with van der Waals surface area (Å²) in [6.07, 6.45) is -3.84. The van der Waals surface area contributed by atoms with E-state index in [-0.39, 0.29) is 6.61 Å². The highest BCUT2D eigenvalue weighted by atomic mass is 16.8. The molecule has 3 aliphatic rings. The van der Waals surface area contributed by atoms with E-state index in [0.29, 0.717) is 0 Å². The molecule has 7 heteroatoms. The molecule has 3 aliphatic heterocycles. The highest BCUT2D eigenvalue weighted by Crippen LogP contribution is 2.39. The van der Waals surface area contributed by atoms with E-state index in [2.05, 4.69) is 0 Å². The number of hydrogen-bond donors (Lipinski definition) is 2. The third-order valence-corrected chi connectivity index (χ3v) is 3.99. The monoisotopic (exact) mass is 265 g/mol. The van der Waals surface area contributed by atoms with Gasteiger partial charge >= 0.3 is 6.75 Å². The fourth-order valence-electron chi connectivity index (χ4n) is 3.05. The van der Waals surface area contributed by atoms with Crippen molar-refractivity contribution in [3.63, 3.8) is 0 Å². The first-order valence-corrected chi connectivity index (χ1v) is 6.40. The Balaban J connectivity index is 1.72. The number of ether oxygens (including phenoxy) is 1. The molecule has 3 saturated heterocycles. The molecule has 3 fully saturated rings. The lowest BCUT2D eigenvalue weighted by Crippen LogP contribution is -2.61. The zero-order valence-corrected chi connectivity index (χ0v) is 10.1. The lowest BCUT2D eigenvalue weighted by atomic mass is 9.69. The van der Waals surface area contributed by atoms with Crippen molar-refractivity contribution in [3.8, 4) is 0 Å². The van der Waals surface area contributed by atoms with E-state index in [4.69, 9.17) is 18.7 Å². The quantitative estimate of drug-likeness (QED) is 0.616. The van der Waals surface area contributed by atoms with Crippen LogP contribution in [0.25, 0.3) is 0 Å². The van der Waals surface area contributed by atoms with Gasteiger partial charge in [0.1, 0.15) is 12.2 Å². The van der Waals surface area contributed by atoms with E-state index >= 15 is 0 Å². The van der Waals surface area contributed by atoms with Crippen LogP contribution in [0.15, 0.2) is 30.3 Å². The summed E-state index contributed by atoms with van der Waals surface area (Å²) in [7, 11) is 0. The minimum absolute atomic E-state index is 0.278. The van der Waals surface area contributed by atoms with Crippen molar-refractivity contribution in [2.75, 3.05) is 6.61 Å². The summed E-state index contributed by atoms with van der Waals surface area (Å²) >= 11 is 0. The third kappa shape index (κ3) is 1.60. The molecular formula is C12H14BO6-. The van der Waals surface area contributed by atoms with Crippen molar-refractivity contribution in [3.05, 3.63) is 30.3 Å². The molecule has 1 aromatic carbocycles. The topological polar surface area (TPSA) is 77.4 Å². The summed E-state index contributed by atoms with van der Waals surface area (Å²) in [6, 6.07) is 9.36. The number of rotatable bonds is 1. The summed E-state index contributed by atoms with van der Waals surface area (Å²) in [5.41, 5.74) is 0.789. The molecule has 0 saturated carbocycles. The second-order valence-corrected chi connectivity index (χ2v) is 5.14. The van der Waals surface area contributed by atoms with Crippen LogP contribution in [-0.2, 0) is 18.7 Å². The van der Waals surface area contributed by atoms with Crippen molar-refractivity contribution < 1.29 is 28.9 Å². The van der Waals surface area contributed by atoms with Crippen molar-refractivity contribution in [2.24, 2.45) is 0 Å². The van der Waals surface area contributed by atoms with Gasteiger partial charge in [0, 0.05) is 6.61 Å². The van der Waals surface area contributed by atoms with Crippen molar-refractivity contribution in [1.82, 2.24) is 0 Å². The summed E-state index contributed by atoms with van der Waals surface area (Å²) in [4.78, 5) is 0. The van der Waals surface area contributed by atoms with Crippen LogP contribution in [0.3, 0.4) is 0 Å². The average Bonchev–Trinajstić information content (AvgIpc) is 2.80. The normalized spacial score (nSPS) is 48.2. The largest absolute Gasteiger partial charge is 0.539 e. The van der Waals surface area contributed by atoms with Gasteiger partial charge in [-0.05, 0) is 0 Å². The van der Waals surface area contributed by atoms with E-state index in [9.17, 15) is 10.2 Å².